The highest BCUT2D eigenvalue weighted by Crippen LogP contribution is 2.34. The summed E-state index contributed by atoms with van der Waals surface area (Å²) in [5.74, 6) is 5.71. The van der Waals surface area contributed by atoms with Crippen molar-refractivity contribution in [3.05, 3.63) is 28.0 Å². The molecular formula is C18H18Cl2N4O. The molecule has 0 spiro atoms. The van der Waals surface area contributed by atoms with Crippen LogP contribution in [0.25, 0.3) is 11.0 Å². The zero-order valence-electron chi connectivity index (χ0n) is 13.9. The number of hydrogen-bond acceptors (Lipinski definition) is 4. The van der Waals surface area contributed by atoms with E-state index in [0.29, 0.717) is 54.5 Å². The normalized spacial score (nSPS) is 16.3. The fourth-order valence-electron chi connectivity index (χ4n) is 3.17. The highest BCUT2D eigenvalue weighted by Gasteiger charge is 2.31. The molecule has 0 bridgehead atoms. The van der Waals surface area contributed by atoms with Crippen LogP contribution in [0.3, 0.4) is 0 Å². The Labute approximate surface area is 156 Å². The summed E-state index contributed by atoms with van der Waals surface area (Å²) in [7, 11) is 0. The summed E-state index contributed by atoms with van der Waals surface area (Å²) in [5.41, 5.74) is 8.75. The lowest BCUT2D eigenvalue weighted by Crippen LogP contribution is -2.25. The largest absolute Gasteiger partial charge is 0.397 e. The third-order valence-corrected chi connectivity index (χ3v) is 4.74. The van der Waals surface area contributed by atoms with Crippen molar-refractivity contribution in [2.45, 2.75) is 39.2 Å². The second-order valence-corrected chi connectivity index (χ2v) is 6.97. The molecule has 0 saturated heterocycles. The summed E-state index contributed by atoms with van der Waals surface area (Å²) in [4.78, 5) is 17.5. The third-order valence-electron chi connectivity index (χ3n) is 4.43. The average Bonchev–Trinajstić information content (AvgIpc) is 2.98. The minimum absolute atomic E-state index is 0.00332. The molecule has 1 atom stereocenters. The Morgan fingerprint density at radius 2 is 2.32 bits per heavy atom. The summed E-state index contributed by atoms with van der Waals surface area (Å²) in [6, 6.07) is 0. The zero-order valence-corrected chi connectivity index (χ0v) is 15.4. The quantitative estimate of drug-likeness (QED) is 0.821. The number of nitrogens with two attached hydrogens (primary N) is 1. The lowest BCUT2D eigenvalue weighted by molar-refractivity contribution is 0.0903. The molecule has 130 valence electrons. The standard InChI is InChI=1S/C18H18Cl2N4O/c1-2-3-4-9-24-18-12(10-22-24)16(21)15-13(23-18)7-5-11(17(15)25)6-8-14(19)20/h8,10-11H,4-7,9H2,1H3,(H2,21,23). The van der Waals surface area contributed by atoms with Crippen molar-refractivity contribution in [2.75, 3.05) is 5.73 Å². The molecule has 3 rings (SSSR count). The van der Waals surface area contributed by atoms with Gasteiger partial charge < -0.3 is 5.73 Å². The highest BCUT2D eigenvalue weighted by molar-refractivity contribution is 6.55. The predicted molar refractivity (Wildman–Crippen MR) is 101 cm³/mol. The number of carbonyl (C=O) groups is 1. The van der Waals surface area contributed by atoms with Gasteiger partial charge in [0.15, 0.2) is 11.4 Å². The van der Waals surface area contributed by atoms with Crippen molar-refractivity contribution in [3.63, 3.8) is 0 Å². The van der Waals surface area contributed by atoms with Crippen molar-refractivity contribution in [3.8, 4) is 11.8 Å². The van der Waals surface area contributed by atoms with E-state index in [4.69, 9.17) is 28.9 Å². The Kier molecular flexibility index (Phi) is 5.31. The summed E-state index contributed by atoms with van der Waals surface area (Å²) in [6.45, 7) is 2.45. The summed E-state index contributed by atoms with van der Waals surface area (Å²) >= 11 is 11.3. The molecule has 0 fully saturated rings. The Bertz CT molecular complexity index is 917. The molecule has 0 saturated carbocycles. The second-order valence-electron chi connectivity index (χ2n) is 5.96. The van der Waals surface area contributed by atoms with Gasteiger partial charge in [-0.05, 0) is 26.2 Å². The second kappa shape index (κ2) is 7.47. The molecule has 0 aromatic carbocycles. The first-order chi connectivity index (χ1) is 12.0. The number of nitrogen functional groups attached to an aromatic ring is 1. The van der Waals surface area contributed by atoms with Gasteiger partial charge in [-0.2, -0.15) is 5.10 Å². The van der Waals surface area contributed by atoms with Crippen LogP contribution in [0.2, 0.25) is 0 Å². The Hall–Kier alpha value is -2.03. The minimum atomic E-state index is -0.170. The zero-order chi connectivity index (χ0) is 18.0. The molecule has 0 aliphatic heterocycles. The molecule has 0 radical (unpaired) electrons. The Morgan fingerprint density at radius 3 is 3.04 bits per heavy atom. The van der Waals surface area contributed by atoms with E-state index < -0.39 is 0 Å². The molecule has 2 aromatic heterocycles. The van der Waals surface area contributed by atoms with Crippen molar-refractivity contribution in [1.82, 2.24) is 14.8 Å². The van der Waals surface area contributed by atoms with Gasteiger partial charge in [0.1, 0.15) is 4.49 Å². The first-order valence-corrected chi connectivity index (χ1v) is 8.87. The van der Waals surface area contributed by atoms with Gasteiger partial charge >= 0.3 is 0 Å². The van der Waals surface area contributed by atoms with Crippen LogP contribution in [0.1, 0.15) is 42.2 Å². The van der Waals surface area contributed by atoms with Gasteiger partial charge in [-0.15, -0.1) is 11.8 Å². The van der Waals surface area contributed by atoms with Gasteiger partial charge in [0.05, 0.1) is 35.1 Å². The van der Waals surface area contributed by atoms with Crippen LogP contribution in [0.15, 0.2) is 16.8 Å². The minimum Gasteiger partial charge on any atom is -0.397 e. The van der Waals surface area contributed by atoms with Crippen molar-refractivity contribution < 1.29 is 4.79 Å². The van der Waals surface area contributed by atoms with E-state index >= 15 is 0 Å². The highest BCUT2D eigenvalue weighted by atomic mass is 35.5. The van der Waals surface area contributed by atoms with Crippen LogP contribution in [0, 0.1) is 17.8 Å². The molecule has 1 aliphatic rings. The maximum Gasteiger partial charge on any atom is 0.170 e. The Morgan fingerprint density at radius 1 is 1.52 bits per heavy atom. The number of pyridine rings is 1. The van der Waals surface area contributed by atoms with Crippen molar-refractivity contribution >= 4 is 45.7 Å². The monoisotopic (exact) mass is 376 g/mol. The van der Waals surface area contributed by atoms with Crippen LogP contribution in [-0.4, -0.2) is 20.5 Å². The number of aromatic nitrogens is 3. The number of fused-ring (bicyclic) bond motifs is 2. The molecule has 7 heteroatoms. The number of ketones is 1. The number of halogens is 2. The first kappa shape index (κ1) is 17.8. The number of aryl methyl sites for hydroxylation is 2. The molecule has 2 N–H and O–H groups in total. The fraction of sp³-hybridized carbons (Fsp3) is 0.389. The van der Waals surface area contributed by atoms with E-state index in [1.807, 2.05) is 6.92 Å². The predicted octanol–water partition coefficient (Wildman–Crippen LogP) is 3.88. The third kappa shape index (κ3) is 3.51. The number of Topliss-reactive ketones (excluding diaryl/α,β-unsaturated/α-hetero) is 1. The van der Waals surface area contributed by atoms with Crippen molar-refractivity contribution in [2.24, 2.45) is 5.92 Å². The van der Waals surface area contributed by atoms with Gasteiger partial charge in [-0.25, -0.2) is 9.67 Å². The number of nitrogens with zero attached hydrogens (tertiary/aromatic N) is 3. The van der Waals surface area contributed by atoms with E-state index in [1.165, 1.54) is 0 Å². The van der Waals surface area contributed by atoms with E-state index in [2.05, 4.69) is 21.9 Å². The topological polar surface area (TPSA) is 73.8 Å². The molecule has 1 unspecified atom stereocenters. The maximum absolute atomic E-state index is 12.8. The number of hydrogen-bond donors (Lipinski definition) is 1. The lowest BCUT2D eigenvalue weighted by Gasteiger charge is -2.23. The number of rotatable bonds is 4. The number of allylic oxidation sites excluding steroid dienone is 1. The van der Waals surface area contributed by atoms with Crippen LogP contribution in [-0.2, 0) is 13.0 Å². The molecule has 2 heterocycles. The molecule has 0 amide bonds. The summed E-state index contributed by atoms with van der Waals surface area (Å²) in [6.07, 6.45) is 5.93. The van der Waals surface area contributed by atoms with Gasteiger partial charge in [0, 0.05) is 12.3 Å². The molecule has 2 aromatic rings. The van der Waals surface area contributed by atoms with E-state index in [1.54, 1.807) is 17.0 Å². The van der Waals surface area contributed by atoms with Crippen LogP contribution in [0.4, 0.5) is 5.69 Å². The lowest BCUT2D eigenvalue weighted by atomic mass is 9.82. The average molecular weight is 377 g/mol. The Balaban J connectivity index is 1.98. The van der Waals surface area contributed by atoms with Gasteiger partial charge in [-0.1, -0.05) is 29.3 Å². The van der Waals surface area contributed by atoms with E-state index in [0.717, 1.165) is 5.69 Å². The molecule has 5 nitrogen and oxygen atoms in total. The summed E-state index contributed by atoms with van der Waals surface area (Å²) < 4.78 is 1.97. The number of carbonyl (C=O) groups excluding carboxylic acids is 1. The maximum atomic E-state index is 12.8. The van der Waals surface area contributed by atoms with Crippen LogP contribution < -0.4 is 5.73 Å². The van der Waals surface area contributed by atoms with Crippen LogP contribution in [0.5, 0.6) is 0 Å². The SMILES string of the molecule is CC#CCCn1ncc2c(N)c3c(nc21)CCC(CC=C(Cl)Cl)C3=O. The first-order valence-electron chi connectivity index (χ1n) is 8.11. The van der Waals surface area contributed by atoms with Gasteiger partial charge in [-0.3, -0.25) is 4.79 Å². The number of anilines is 1. The van der Waals surface area contributed by atoms with Crippen LogP contribution >= 0.6 is 23.2 Å². The van der Waals surface area contributed by atoms with Gasteiger partial charge in [0.2, 0.25) is 0 Å². The summed E-state index contributed by atoms with van der Waals surface area (Å²) in [5, 5.41) is 5.06. The van der Waals surface area contributed by atoms with Crippen molar-refractivity contribution in [1.29, 1.82) is 0 Å². The molecule has 1 aliphatic carbocycles. The van der Waals surface area contributed by atoms with E-state index in [9.17, 15) is 4.79 Å². The van der Waals surface area contributed by atoms with Gasteiger partial charge in [0.25, 0.3) is 0 Å². The fourth-order valence-corrected chi connectivity index (χ4v) is 3.35. The molecular weight excluding hydrogens is 359 g/mol. The van der Waals surface area contributed by atoms with E-state index in [-0.39, 0.29) is 16.2 Å². The molecule has 25 heavy (non-hydrogen) atoms. The smallest absolute Gasteiger partial charge is 0.170 e.